The van der Waals surface area contributed by atoms with Crippen LogP contribution in [-0.4, -0.2) is 10.9 Å². The van der Waals surface area contributed by atoms with Crippen LogP contribution < -0.4 is 16.6 Å². The quantitative estimate of drug-likeness (QED) is 0.798. The maximum Gasteiger partial charge on any atom is 0.262 e. The summed E-state index contributed by atoms with van der Waals surface area (Å²) in [6.45, 7) is 0.0902. The third-order valence-electron chi connectivity index (χ3n) is 2.65. The van der Waals surface area contributed by atoms with Gasteiger partial charge in [-0.1, -0.05) is 6.07 Å². The van der Waals surface area contributed by atoms with Crippen LogP contribution in [-0.2, 0) is 6.54 Å². The van der Waals surface area contributed by atoms with E-state index in [1.807, 2.05) is 0 Å². The molecule has 0 aliphatic carbocycles. The van der Waals surface area contributed by atoms with Gasteiger partial charge in [0.1, 0.15) is 5.82 Å². The molecule has 20 heavy (non-hydrogen) atoms. The van der Waals surface area contributed by atoms with Gasteiger partial charge in [0.25, 0.3) is 11.5 Å². The Hall–Kier alpha value is -1.99. The number of aromatic amines is 1. The van der Waals surface area contributed by atoms with E-state index in [0.717, 1.165) is 0 Å². The van der Waals surface area contributed by atoms with Crippen molar-refractivity contribution in [2.45, 2.75) is 6.54 Å². The largest absolute Gasteiger partial charge is 0.327 e. The van der Waals surface area contributed by atoms with Crippen LogP contribution in [0.1, 0.15) is 15.9 Å². The highest BCUT2D eigenvalue weighted by molar-refractivity contribution is 9.10. The Bertz CT molecular complexity index is 715. The van der Waals surface area contributed by atoms with Gasteiger partial charge < -0.3 is 16.0 Å². The van der Waals surface area contributed by atoms with E-state index in [9.17, 15) is 14.0 Å². The first-order valence-corrected chi connectivity index (χ1v) is 6.48. The number of nitrogens with two attached hydrogens (primary N) is 1. The second-order valence-corrected chi connectivity index (χ2v) is 4.88. The van der Waals surface area contributed by atoms with Crippen molar-refractivity contribution in [3.05, 3.63) is 62.2 Å². The van der Waals surface area contributed by atoms with Crippen molar-refractivity contribution in [3.8, 4) is 0 Å². The fraction of sp³-hybridized carbons (Fsp3) is 0.0769. The fourth-order valence-electron chi connectivity index (χ4n) is 1.58. The van der Waals surface area contributed by atoms with Gasteiger partial charge >= 0.3 is 0 Å². The third kappa shape index (κ3) is 3.12. The predicted octanol–water partition coefficient (Wildman–Crippen LogP) is 1.99. The Morgan fingerprint density at radius 1 is 1.40 bits per heavy atom. The molecule has 2 aromatic rings. The SMILES string of the molecule is NCc1ccc(NC(=O)c2c[nH]c(=O)c(Br)c2)cc1F. The van der Waals surface area contributed by atoms with E-state index in [0.29, 0.717) is 11.3 Å². The Morgan fingerprint density at radius 3 is 2.75 bits per heavy atom. The third-order valence-corrected chi connectivity index (χ3v) is 3.24. The summed E-state index contributed by atoms with van der Waals surface area (Å²) in [5, 5.41) is 2.53. The fourth-order valence-corrected chi connectivity index (χ4v) is 1.94. The number of aromatic nitrogens is 1. The summed E-state index contributed by atoms with van der Waals surface area (Å²) in [6.07, 6.45) is 1.28. The zero-order valence-corrected chi connectivity index (χ0v) is 11.8. The van der Waals surface area contributed by atoms with Gasteiger partial charge in [-0.2, -0.15) is 0 Å². The number of amides is 1. The molecule has 1 amide bonds. The van der Waals surface area contributed by atoms with Gasteiger partial charge in [-0.15, -0.1) is 0 Å². The van der Waals surface area contributed by atoms with Crippen LogP contribution in [0, 0.1) is 5.82 Å². The number of hydrogen-bond acceptors (Lipinski definition) is 3. The average molecular weight is 340 g/mol. The number of carbonyl (C=O) groups is 1. The minimum absolute atomic E-state index is 0.0902. The molecule has 0 bridgehead atoms. The highest BCUT2D eigenvalue weighted by Crippen LogP contribution is 2.15. The smallest absolute Gasteiger partial charge is 0.262 e. The molecule has 1 heterocycles. The normalized spacial score (nSPS) is 10.3. The Labute approximate surface area is 122 Å². The molecule has 0 aliphatic heterocycles. The topological polar surface area (TPSA) is 88.0 Å². The lowest BCUT2D eigenvalue weighted by atomic mass is 10.2. The molecule has 0 saturated heterocycles. The maximum atomic E-state index is 13.5. The molecule has 0 spiro atoms. The Morgan fingerprint density at radius 2 is 2.15 bits per heavy atom. The van der Waals surface area contributed by atoms with E-state index in [1.54, 1.807) is 6.07 Å². The number of carbonyl (C=O) groups excluding carboxylic acids is 1. The van der Waals surface area contributed by atoms with E-state index >= 15 is 0 Å². The van der Waals surface area contributed by atoms with E-state index in [4.69, 9.17) is 5.73 Å². The van der Waals surface area contributed by atoms with Crippen molar-refractivity contribution in [3.63, 3.8) is 0 Å². The van der Waals surface area contributed by atoms with Gasteiger partial charge in [-0.25, -0.2) is 4.39 Å². The Balaban J connectivity index is 2.21. The molecule has 1 aromatic carbocycles. The van der Waals surface area contributed by atoms with Gasteiger partial charge in [-0.3, -0.25) is 9.59 Å². The molecule has 2 rings (SSSR count). The molecule has 7 heteroatoms. The molecule has 0 radical (unpaired) electrons. The molecule has 0 aliphatic rings. The van der Waals surface area contributed by atoms with Gasteiger partial charge in [0.05, 0.1) is 10.0 Å². The first-order chi connectivity index (χ1) is 9.51. The standard InChI is InChI=1S/C13H11BrFN3O2/c14-10-3-8(6-17-13(10)20)12(19)18-9-2-1-7(5-16)11(15)4-9/h1-4,6H,5,16H2,(H,17,20)(H,18,19). The number of halogens is 2. The van der Waals surface area contributed by atoms with Crippen molar-refractivity contribution in [1.29, 1.82) is 0 Å². The highest BCUT2D eigenvalue weighted by Gasteiger charge is 2.09. The number of anilines is 1. The average Bonchev–Trinajstić information content (AvgIpc) is 2.42. The summed E-state index contributed by atoms with van der Waals surface area (Å²) in [6, 6.07) is 5.65. The van der Waals surface area contributed by atoms with Crippen LogP contribution in [0.3, 0.4) is 0 Å². The van der Waals surface area contributed by atoms with Crippen molar-refractivity contribution in [2.24, 2.45) is 5.73 Å². The summed E-state index contributed by atoms with van der Waals surface area (Å²) in [4.78, 5) is 25.5. The Kier molecular flexibility index (Phi) is 4.31. The zero-order valence-electron chi connectivity index (χ0n) is 10.2. The molecule has 104 valence electrons. The lowest BCUT2D eigenvalue weighted by Crippen LogP contribution is -2.16. The van der Waals surface area contributed by atoms with Crippen molar-refractivity contribution < 1.29 is 9.18 Å². The molecule has 4 N–H and O–H groups in total. The van der Waals surface area contributed by atoms with Gasteiger partial charge in [-0.05, 0) is 34.1 Å². The van der Waals surface area contributed by atoms with Gasteiger partial charge in [0, 0.05) is 24.0 Å². The van der Waals surface area contributed by atoms with E-state index in [1.165, 1.54) is 24.4 Å². The molecule has 5 nitrogen and oxygen atoms in total. The molecule has 0 fully saturated rings. The number of hydrogen-bond donors (Lipinski definition) is 3. The van der Waals surface area contributed by atoms with E-state index in [2.05, 4.69) is 26.2 Å². The molecule has 0 unspecified atom stereocenters. The van der Waals surface area contributed by atoms with Crippen molar-refractivity contribution in [1.82, 2.24) is 4.98 Å². The van der Waals surface area contributed by atoms with Crippen molar-refractivity contribution in [2.75, 3.05) is 5.32 Å². The number of pyridine rings is 1. The lowest BCUT2D eigenvalue weighted by molar-refractivity contribution is 0.102. The van der Waals surface area contributed by atoms with Crippen LogP contribution >= 0.6 is 15.9 Å². The molecular formula is C13H11BrFN3O2. The van der Waals surface area contributed by atoms with Crippen LogP contribution in [0.25, 0.3) is 0 Å². The summed E-state index contributed by atoms with van der Waals surface area (Å²) >= 11 is 3.03. The second-order valence-electron chi connectivity index (χ2n) is 4.03. The number of rotatable bonds is 3. The first-order valence-electron chi connectivity index (χ1n) is 5.69. The van der Waals surface area contributed by atoms with Crippen LogP contribution in [0.2, 0.25) is 0 Å². The molecule has 1 aromatic heterocycles. The van der Waals surface area contributed by atoms with E-state index < -0.39 is 11.7 Å². The van der Waals surface area contributed by atoms with Crippen LogP contribution in [0.15, 0.2) is 39.7 Å². The van der Waals surface area contributed by atoms with Crippen molar-refractivity contribution >= 4 is 27.5 Å². The second kappa shape index (κ2) is 5.98. The highest BCUT2D eigenvalue weighted by atomic mass is 79.9. The predicted molar refractivity (Wildman–Crippen MR) is 77.0 cm³/mol. The zero-order chi connectivity index (χ0) is 14.7. The van der Waals surface area contributed by atoms with Crippen LogP contribution in [0.4, 0.5) is 10.1 Å². The molecular weight excluding hydrogens is 329 g/mol. The van der Waals surface area contributed by atoms with Gasteiger partial charge in [0.2, 0.25) is 0 Å². The first kappa shape index (κ1) is 14.4. The summed E-state index contributed by atoms with van der Waals surface area (Å²) in [5.41, 5.74) is 5.96. The summed E-state index contributed by atoms with van der Waals surface area (Å²) < 4.78 is 13.8. The minimum Gasteiger partial charge on any atom is -0.327 e. The van der Waals surface area contributed by atoms with Gasteiger partial charge in [0.15, 0.2) is 0 Å². The monoisotopic (exact) mass is 339 g/mol. The molecule has 0 saturated carbocycles. The number of benzene rings is 1. The molecule has 0 atom stereocenters. The maximum absolute atomic E-state index is 13.5. The number of H-pyrrole nitrogens is 1. The van der Waals surface area contributed by atoms with Crippen LogP contribution in [0.5, 0.6) is 0 Å². The summed E-state index contributed by atoms with van der Waals surface area (Å²) in [5.74, 6) is -0.935. The van der Waals surface area contributed by atoms with E-state index in [-0.39, 0.29) is 22.1 Å². The number of nitrogens with one attached hydrogen (secondary N) is 2. The minimum atomic E-state index is -0.479. The summed E-state index contributed by atoms with van der Waals surface area (Å²) in [7, 11) is 0. The lowest BCUT2D eigenvalue weighted by Gasteiger charge is -2.07.